The van der Waals surface area contributed by atoms with Crippen LogP contribution in [0.3, 0.4) is 0 Å². The molecule has 9 heterocycles. The quantitative estimate of drug-likeness (QED) is 0.145. The van der Waals surface area contributed by atoms with E-state index in [1.807, 2.05) is 28.3 Å². The fraction of sp³-hybridized carbons (Fsp3) is 0.614. The van der Waals surface area contributed by atoms with Gasteiger partial charge in [0.05, 0.1) is 28.9 Å². The van der Waals surface area contributed by atoms with Crippen LogP contribution < -0.4 is 20.4 Å². The van der Waals surface area contributed by atoms with Gasteiger partial charge in [-0.05, 0) is 139 Å². The number of aromatic nitrogens is 4. The molecule has 8 aliphatic rings. The molecule has 17 heteroatoms. The van der Waals surface area contributed by atoms with Gasteiger partial charge in [0.25, 0.3) is 0 Å². The zero-order chi connectivity index (χ0) is 51.0. The number of imidazole rings is 1. The van der Waals surface area contributed by atoms with Gasteiger partial charge >= 0.3 is 0 Å². The number of nitrogens with zero attached hydrogens (tertiary/aromatic N) is 9. The third-order valence-corrected chi connectivity index (χ3v) is 18.5. The Morgan fingerprint density at radius 2 is 1.61 bits per heavy atom. The van der Waals surface area contributed by atoms with Crippen LogP contribution in [0.25, 0.3) is 22.3 Å². The van der Waals surface area contributed by atoms with Crippen molar-refractivity contribution in [3.8, 4) is 11.3 Å². The summed E-state index contributed by atoms with van der Waals surface area (Å²) in [5.74, 6) is 1.52. The molecule has 5 amide bonds. The minimum atomic E-state index is -0.795. The summed E-state index contributed by atoms with van der Waals surface area (Å²) >= 11 is 0. The zero-order valence-corrected chi connectivity index (χ0v) is 43.4. The fourth-order valence-corrected chi connectivity index (χ4v) is 13.6. The number of benzene rings is 1. The van der Waals surface area contributed by atoms with Crippen molar-refractivity contribution in [2.24, 2.45) is 11.3 Å². The van der Waals surface area contributed by atoms with Gasteiger partial charge in [-0.3, -0.25) is 34.2 Å². The van der Waals surface area contributed by atoms with E-state index < -0.39 is 17.0 Å². The number of piperidine rings is 5. The first-order valence-electron chi connectivity index (χ1n) is 27.9. The fourth-order valence-electron chi connectivity index (χ4n) is 13.6. The predicted molar refractivity (Wildman–Crippen MR) is 280 cm³/mol. The molecular weight excluding hydrogens is 938 g/mol. The summed E-state index contributed by atoms with van der Waals surface area (Å²) < 4.78 is 16.8. The topological polar surface area (TPSA) is 169 Å². The summed E-state index contributed by atoms with van der Waals surface area (Å²) in [4.78, 5) is 92.9. The van der Waals surface area contributed by atoms with Crippen LogP contribution in [-0.4, -0.2) is 140 Å². The van der Waals surface area contributed by atoms with Crippen molar-refractivity contribution in [3.05, 3.63) is 60.0 Å². The molecule has 6 aliphatic heterocycles. The van der Waals surface area contributed by atoms with E-state index in [2.05, 4.69) is 79.9 Å². The second-order valence-corrected chi connectivity index (χ2v) is 23.7. The number of carbonyl (C=O) groups excluding carboxylic acids is 5. The zero-order valence-electron chi connectivity index (χ0n) is 43.4. The number of nitrogens with one attached hydrogen (secondary N) is 2. The van der Waals surface area contributed by atoms with E-state index in [-0.39, 0.29) is 59.5 Å². The highest BCUT2D eigenvalue weighted by atomic mass is 19.1. The number of rotatable bonds is 11. The molecule has 0 radical (unpaired) electrons. The van der Waals surface area contributed by atoms with Gasteiger partial charge in [0.2, 0.25) is 29.5 Å². The monoisotopic (exact) mass is 1010 g/mol. The number of amides is 5. The molecule has 74 heavy (non-hydrogen) atoms. The van der Waals surface area contributed by atoms with Gasteiger partial charge in [-0.25, -0.2) is 19.3 Å². The van der Waals surface area contributed by atoms with Crippen molar-refractivity contribution in [1.82, 2.24) is 39.5 Å². The lowest BCUT2D eigenvalue weighted by Gasteiger charge is -2.49. The van der Waals surface area contributed by atoms with E-state index in [0.29, 0.717) is 90.1 Å². The third kappa shape index (κ3) is 9.01. The first kappa shape index (κ1) is 48.9. The van der Waals surface area contributed by atoms with Crippen LogP contribution in [0.15, 0.2) is 48.9 Å². The van der Waals surface area contributed by atoms with Gasteiger partial charge in [-0.1, -0.05) is 25.1 Å². The number of imide groups is 1. The lowest BCUT2D eigenvalue weighted by Crippen LogP contribution is -2.59. The molecule has 1 unspecified atom stereocenters. The Morgan fingerprint density at radius 3 is 2.30 bits per heavy atom. The van der Waals surface area contributed by atoms with Crippen molar-refractivity contribution in [2.45, 2.75) is 159 Å². The Kier molecular flexibility index (Phi) is 12.8. The SMILES string of the molecule is CC(C)n1cnc2cc(-c3ccc4c(c3)N([C@H]3C[C@@H](N5CCC[C@@H](F)C5)C3)C(=O)C43CCN(C(=O)C4(C)CCN(C(=O)CC5CCN(c6ccc(C7CCC(=O)NC7=O)cn6)CC5)CC4)CC3)nc(NC3CC3)c21. The molecule has 4 aromatic rings. The number of carbonyl (C=O) groups is 5. The first-order valence-corrected chi connectivity index (χ1v) is 27.9. The van der Waals surface area contributed by atoms with Gasteiger partial charge in [0, 0.05) is 106 Å². The number of anilines is 3. The molecule has 392 valence electrons. The molecule has 1 spiro atoms. The van der Waals surface area contributed by atoms with Gasteiger partial charge in [0.15, 0.2) is 5.82 Å². The third-order valence-electron chi connectivity index (χ3n) is 18.5. The van der Waals surface area contributed by atoms with Crippen LogP contribution in [0.1, 0.15) is 140 Å². The molecule has 5 saturated heterocycles. The van der Waals surface area contributed by atoms with Crippen molar-refractivity contribution < 1.29 is 28.4 Å². The van der Waals surface area contributed by atoms with Crippen molar-refractivity contribution in [3.63, 3.8) is 0 Å². The van der Waals surface area contributed by atoms with Crippen LogP contribution in [-0.2, 0) is 29.4 Å². The Balaban J connectivity index is 0.692. The average Bonchev–Trinajstić information content (AvgIpc) is 4.07. The molecule has 0 bridgehead atoms. The number of alkyl halides is 1. The lowest BCUT2D eigenvalue weighted by molar-refractivity contribution is -0.149. The minimum Gasteiger partial charge on any atom is -0.366 e. The summed E-state index contributed by atoms with van der Waals surface area (Å²) in [6.45, 7) is 11.4. The molecule has 2 atom stereocenters. The maximum atomic E-state index is 15.3. The lowest BCUT2D eigenvalue weighted by atomic mass is 9.72. The molecule has 16 nitrogen and oxygen atoms in total. The van der Waals surface area contributed by atoms with Gasteiger partial charge in [-0.15, -0.1) is 0 Å². The van der Waals surface area contributed by atoms with Crippen LogP contribution in [0, 0.1) is 11.3 Å². The summed E-state index contributed by atoms with van der Waals surface area (Å²) in [5, 5.41) is 6.11. The molecule has 2 saturated carbocycles. The summed E-state index contributed by atoms with van der Waals surface area (Å²) in [5.41, 5.74) is 5.09. The van der Waals surface area contributed by atoms with E-state index in [4.69, 9.17) is 9.97 Å². The minimum absolute atomic E-state index is 0.0137. The highest BCUT2D eigenvalue weighted by Crippen LogP contribution is 2.53. The first-order chi connectivity index (χ1) is 35.7. The van der Waals surface area contributed by atoms with Crippen molar-refractivity contribution in [2.75, 3.05) is 67.5 Å². The standard InChI is InChI=1S/C57H72FN11O5/c1-35(2)68-34-60-46-31-45(62-52(51(46)68)61-40-8-9-40)37-6-11-44-47(28-37)69(42-29-41(30-42)67-20-4-5-39(58)33-67)55(74)57(44)18-25-66(26-19-57)54(73)56(3)16-23-65(24-17-56)50(71)27-36-14-21-64(22-15-36)48-12-7-38(32-59-48)43-10-13-49(70)63-53(43)72/h6-7,11-12,28,31-32,34-36,39-43H,4-5,8-10,13-27,29-30,33H2,1-3H3,(H,61,62)(H,63,70,72)/t39-,41-,42+,43?/m1/s1. The molecule has 7 fully saturated rings. The van der Waals surface area contributed by atoms with Crippen LogP contribution in [0.4, 0.5) is 21.7 Å². The van der Waals surface area contributed by atoms with Gasteiger partial charge in [-0.2, -0.15) is 0 Å². The number of halogens is 1. The highest BCUT2D eigenvalue weighted by molar-refractivity contribution is 6.09. The second kappa shape index (κ2) is 19.3. The second-order valence-electron chi connectivity index (χ2n) is 23.7. The summed E-state index contributed by atoms with van der Waals surface area (Å²) in [6, 6.07) is 13.3. The maximum absolute atomic E-state index is 15.3. The van der Waals surface area contributed by atoms with E-state index in [9.17, 15) is 23.6 Å². The van der Waals surface area contributed by atoms with Crippen LogP contribution >= 0.6 is 0 Å². The smallest absolute Gasteiger partial charge is 0.238 e. The number of hydrogen-bond donors (Lipinski definition) is 2. The van der Waals surface area contributed by atoms with Crippen molar-refractivity contribution in [1.29, 1.82) is 0 Å². The largest absolute Gasteiger partial charge is 0.366 e. The maximum Gasteiger partial charge on any atom is 0.238 e. The van der Waals surface area contributed by atoms with Gasteiger partial charge in [0.1, 0.15) is 17.5 Å². The summed E-state index contributed by atoms with van der Waals surface area (Å²) in [6.07, 6.45) is 13.6. The molecular formula is C57H72FN11O5. The van der Waals surface area contributed by atoms with Crippen LogP contribution in [0.2, 0.25) is 0 Å². The number of hydrogen-bond acceptors (Lipinski definition) is 11. The van der Waals surface area contributed by atoms with Crippen LogP contribution in [0.5, 0.6) is 0 Å². The van der Waals surface area contributed by atoms with E-state index in [1.54, 1.807) is 6.20 Å². The Labute approximate surface area is 433 Å². The average molecular weight is 1010 g/mol. The Bertz CT molecular complexity index is 2840. The Morgan fingerprint density at radius 1 is 0.851 bits per heavy atom. The number of pyridine rings is 2. The number of fused-ring (bicyclic) bond motifs is 3. The molecule has 3 aromatic heterocycles. The highest BCUT2D eigenvalue weighted by Gasteiger charge is 2.57. The van der Waals surface area contributed by atoms with E-state index in [0.717, 1.165) is 115 Å². The van der Waals surface area contributed by atoms with Gasteiger partial charge < -0.3 is 29.5 Å². The predicted octanol–water partition coefficient (Wildman–Crippen LogP) is 7.28. The molecule has 12 rings (SSSR count). The van der Waals surface area contributed by atoms with Crippen molar-refractivity contribution >= 4 is 57.9 Å². The molecule has 2 N–H and O–H groups in total. The van der Waals surface area contributed by atoms with E-state index >= 15 is 4.79 Å². The van der Waals surface area contributed by atoms with E-state index in [1.165, 1.54) is 0 Å². The summed E-state index contributed by atoms with van der Waals surface area (Å²) in [7, 11) is 0. The molecule has 1 aromatic carbocycles. The normalized spacial score (nSPS) is 26.4. The Hall–Kier alpha value is -5.97. The molecule has 2 aliphatic carbocycles. The number of likely N-dealkylation sites (tertiary alicyclic amines) is 3.